The number of anilines is 1. The smallest absolute Gasteiger partial charge is 0.126 e. The zero-order valence-corrected chi connectivity index (χ0v) is 10.5. The number of hydrogen-bond donors (Lipinski definition) is 2. The second-order valence-electron chi connectivity index (χ2n) is 3.93. The summed E-state index contributed by atoms with van der Waals surface area (Å²) in [5.74, 6) is 0.989. The summed E-state index contributed by atoms with van der Waals surface area (Å²) in [4.78, 5) is 4.49. The minimum absolute atomic E-state index is 0.569. The van der Waals surface area contributed by atoms with Crippen LogP contribution >= 0.6 is 15.9 Å². The molecule has 1 aliphatic heterocycles. The van der Waals surface area contributed by atoms with Gasteiger partial charge in [-0.2, -0.15) is 0 Å². The molecule has 4 heteroatoms. The molecular weight excluding hydrogens is 254 g/mol. The molecule has 1 aliphatic rings. The minimum atomic E-state index is 0.569. The monoisotopic (exact) mass is 269 g/mol. The molecule has 0 atom stereocenters. The highest BCUT2D eigenvalue weighted by Crippen LogP contribution is 2.18. The fourth-order valence-electron chi connectivity index (χ4n) is 1.80. The van der Waals surface area contributed by atoms with E-state index in [4.69, 9.17) is 0 Å². The van der Waals surface area contributed by atoms with Crippen LogP contribution in [0.15, 0.2) is 16.6 Å². The van der Waals surface area contributed by atoms with Gasteiger partial charge in [0.05, 0.1) is 5.69 Å². The van der Waals surface area contributed by atoms with Crippen LogP contribution in [0.4, 0.5) is 5.82 Å². The molecule has 1 aromatic rings. The summed E-state index contributed by atoms with van der Waals surface area (Å²) in [7, 11) is 0. The number of rotatable bonds is 2. The standard InChI is InChI=1S/C11H16BrN3/c1-8-10(12)2-3-11(14-8)15-9-4-6-13-7-5-9/h2-3,9,13H,4-7H2,1H3,(H,14,15). The molecule has 0 bridgehead atoms. The van der Waals surface area contributed by atoms with Gasteiger partial charge in [-0.1, -0.05) is 0 Å². The Morgan fingerprint density at radius 2 is 2.13 bits per heavy atom. The van der Waals surface area contributed by atoms with Gasteiger partial charge in [0, 0.05) is 10.5 Å². The Morgan fingerprint density at radius 1 is 1.40 bits per heavy atom. The van der Waals surface area contributed by atoms with Crippen molar-refractivity contribution >= 4 is 21.7 Å². The van der Waals surface area contributed by atoms with Crippen LogP contribution in [0.1, 0.15) is 18.5 Å². The molecule has 0 amide bonds. The first-order valence-corrected chi connectivity index (χ1v) is 6.15. The molecule has 3 nitrogen and oxygen atoms in total. The SMILES string of the molecule is Cc1nc(NC2CCNCC2)ccc1Br. The Labute approximate surface area is 98.8 Å². The molecule has 15 heavy (non-hydrogen) atoms. The maximum Gasteiger partial charge on any atom is 0.126 e. The van der Waals surface area contributed by atoms with Crippen molar-refractivity contribution in [2.45, 2.75) is 25.8 Å². The van der Waals surface area contributed by atoms with Gasteiger partial charge in [0.2, 0.25) is 0 Å². The van der Waals surface area contributed by atoms with E-state index < -0.39 is 0 Å². The van der Waals surface area contributed by atoms with E-state index in [9.17, 15) is 0 Å². The number of pyridine rings is 1. The highest BCUT2D eigenvalue weighted by molar-refractivity contribution is 9.10. The van der Waals surface area contributed by atoms with Crippen molar-refractivity contribution in [1.82, 2.24) is 10.3 Å². The van der Waals surface area contributed by atoms with Gasteiger partial charge in [-0.25, -0.2) is 4.98 Å². The third-order valence-electron chi connectivity index (χ3n) is 2.71. The van der Waals surface area contributed by atoms with Crippen LogP contribution in [0.25, 0.3) is 0 Å². The maximum atomic E-state index is 4.49. The Hall–Kier alpha value is -0.610. The van der Waals surface area contributed by atoms with E-state index in [1.807, 2.05) is 19.1 Å². The Balaban J connectivity index is 2.00. The van der Waals surface area contributed by atoms with Crippen molar-refractivity contribution in [3.63, 3.8) is 0 Å². The number of aryl methyl sites for hydroxylation is 1. The number of hydrogen-bond acceptors (Lipinski definition) is 3. The number of nitrogens with zero attached hydrogens (tertiary/aromatic N) is 1. The normalized spacial score (nSPS) is 17.7. The Bertz CT molecular complexity index is 335. The van der Waals surface area contributed by atoms with E-state index in [1.165, 1.54) is 12.8 Å². The van der Waals surface area contributed by atoms with Crippen molar-refractivity contribution in [2.24, 2.45) is 0 Å². The summed E-state index contributed by atoms with van der Waals surface area (Å²) >= 11 is 3.45. The van der Waals surface area contributed by atoms with E-state index in [0.717, 1.165) is 29.1 Å². The topological polar surface area (TPSA) is 37.0 Å². The van der Waals surface area contributed by atoms with Crippen LogP contribution in [0, 0.1) is 6.92 Å². The Kier molecular flexibility index (Phi) is 3.59. The van der Waals surface area contributed by atoms with Gasteiger partial charge in [-0.3, -0.25) is 0 Å². The molecule has 1 saturated heterocycles. The largest absolute Gasteiger partial charge is 0.367 e. The average molecular weight is 270 g/mol. The van der Waals surface area contributed by atoms with Crippen LogP contribution < -0.4 is 10.6 Å². The zero-order valence-electron chi connectivity index (χ0n) is 8.89. The number of nitrogens with one attached hydrogen (secondary N) is 2. The lowest BCUT2D eigenvalue weighted by Crippen LogP contribution is -2.35. The fraction of sp³-hybridized carbons (Fsp3) is 0.545. The maximum absolute atomic E-state index is 4.49. The molecule has 2 heterocycles. The van der Waals surface area contributed by atoms with Gasteiger partial charge in [0.1, 0.15) is 5.82 Å². The summed E-state index contributed by atoms with van der Waals surface area (Å²) in [6, 6.07) is 4.64. The van der Waals surface area contributed by atoms with Gasteiger partial charge >= 0.3 is 0 Å². The van der Waals surface area contributed by atoms with Gasteiger partial charge in [-0.15, -0.1) is 0 Å². The van der Waals surface area contributed by atoms with E-state index >= 15 is 0 Å². The lowest BCUT2D eigenvalue weighted by atomic mass is 10.1. The summed E-state index contributed by atoms with van der Waals surface area (Å²) in [6.45, 7) is 4.22. The molecule has 0 unspecified atom stereocenters. The number of halogens is 1. The summed E-state index contributed by atoms with van der Waals surface area (Å²) < 4.78 is 1.07. The van der Waals surface area contributed by atoms with Gasteiger partial charge in [-0.05, 0) is 60.9 Å². The molecule has 0 radical (unpaired) electrons. The first-order valence-electron chi connectivity index (χ1n) is 5.36. The molecular formula is C11H16BrN3. The van der Waals surface area contributed by atoms with Crippen molar-refractivity contribution < 1.29 is 0 Å². The Morgan fingerprint density at radius 3 is 2.80 bits per heavy atom. The van der Waals surface area contributed by atoms with Crippen molar-refractivity contribution in [3.8, 4) is 0 Å². The molecule has 1 fully saturated rings. The summed E-state index contributed by atoms with van der Waals surface area (Å²) in [5, 5.41) is 6.83. The first kappa shape index (κ1) is 10.9. The van der Waals surface area contributed by atoms with Crippen LogP contribution in [0.3, 0.4) is 0 Å². The van der Waals surface area contributed by atoms with Gasteiger partial charge in [0.25, 0.3) is 0 Å². The third-order valence-corrected chi connectivity index (χ3v) is 3.55. The number of piperidine rings is 1. The predicted octanol–water partition coefficient (Wildman–Crippen LogP) is 2.32. The number of aromatic nitrogens is 1. The second kappa shape index (κ2) is 4.94. The summed E-state index contributed by atoms with van der Waals surface area (Å²) in [6.07, 6.45) is 2.35. The zero-order chi connectivity index (χ0) is 10.7. The quantitative estimate of drug-likeness (QED) is 0.866. The average Bonchev–Trinajstić information content (AvgIpc) is 2.25. The lowest BCUT2D eigenvalue weighted by molar-refractivity contribution is 0.478. The lowest BCUT2D eigenvalue weighted by Gasteiger charge is -2.24. The molecule has 0 aromatic carbocycles. The van der Waals surface area contributed by atoms with Crippen LogP contribution in [0.5, 0.6) is 0 Å². The summed E-state index contributed by atoms with van der Waals surface area (Å²) in [5.41, 5.74) is 1.04. The predicted molar refractivity (Wildman–Crippen MR) is 66.2 cm³/mol. The van der Waals surface area contributed by atoms with Crippen LogP contribution in [-0.2, 0) is 0 Å². The first-order chi connectivity index (χ1) is 7.25. The molecule has 2 rings (SSSR count). The fourth-order valence-corrected chi connectivity index (χ4v) is 2.02. The molecule has 82 valence electrons. The highest BCUT2D eigenvalue weighted by Gasteiger charge is 2.12. The van der Waals surface area contributed by atoms with E-state index in [0.29, 0.717) is 6.04 Å². The van der Waals surface area contributed by atoms with Crippen molar-refractivity contribution in [2.75, 3.05) is 18.4 Å². The third kappa shape index (κ3) is 2.92. The van der Waals surface area contributed by atoms with Gasteiger partial charge in [0.15, 0.2) is 0 Å². The highest BCUT2D eigenvalue weighted by atomic mass is 79.9. The van der Waals surface area contributed by atoms with E-state index in [1.54, 1.807) is 0 Å². The van der Waals surface area contributed by atoms with Crippen molar-refractivity contribution in [1.29, 1.82) is 0 Å². The molecule has 1 aromatic heterocycles. The van der Waals surface area contributed by atoms with E-state index in [2.05, 4.69) is 31.5 Å². The van der Waals surface area contributed by atoms with Crippen molar-refractivity contribution in [3.05, 3.63) is 22.3 Å². The second-order valence-corrected chi connectivity index (χ2v) is 4.79. The molecule has 0 spiro atoms. The molecule has 0 saturated carbocycles. The van der Waals surface area contributed by atoms with Crippen LogP contribution in [-0.4, -0.2) is 24.1 Å². The van der Waals surface area contributed by atoms with E-state index in [-0.39, 0.29) is 0 Å². The molecule has 0 aliphatic carbocycles. The minimum Gasteiger partial charge on any atom is -0.367 e. The van der Waals surface area contributed by atoms with Gasteiger partial charge < -0.3 is 10.6 Å². The van der Waals surface area contributed by atoms with Crippen LogP contribution in [0.2, 0.25) is 0 Å². The molecule has 2 N–H and O–H groups in total.